The summed E-state index contributed by atoms with van der Waals surface area (Å²) in [5, 5.41) is 7.88. The maximum Gasteiger partial charge on any atom is 0.254 e. The van der Waals surface area contributed by atoms with Gasteiger partial charge in [0.25, 0.3) is 5.91 Å². The Balaban J connectivity index is 1.85. The summed E-state index contributed by atoms with van der Waals surface area (Å²) in [6.07, 6.45) is 1.70. The quantitative estimate of drug-likeness (QED) is 0.757. The van der Waals surface area contributed by atoms with Crippen LogP contribution in [0.5, 0.6) is 0 Å². The lowest BCUT2D eigenvalue weighted by atomic mass is 10.2. The molecule has 3 rings (SSSR count). The highest BCUT2D eigenvalue weighted by Gasteiger charge is 2.23. The van der Waals surface area contributed by atoms with E-state index in [2.05, 4.69) is 42.1 Å². The molecule has 0 saturated heterocycles. The van der Waals surface area contributed by atoms with E-state index < -0.39 is 0 Å². The summed E-state index contributed by atoms with van der Waals surface area (Å²) < 4.78 is 3.73. The number of halogens is 2. The molecule has 2 aromatic rings. The molecule has 0 bridgehead atoms. The van der Waals surface area contributed by atoms with Gasteiger partial charge in [-0.3, -0.25) is 4.79 Å². The largest absolute Gasteiger partial charge is 0.329 e. The van der Waals surface area contributed by atoms with Crippen molar-refractivity contribution < 1.29 is 4.79 Å². The SMILES string of the molecule is O=C(c1cc(Br)cc(Br)c1)N1CCn2cnnc2C1. The van der Waals surface area contributed by atoms with Crippen molar-refractivity contribution in [3.8, 4) is 0 Å². The summed E-state index contributed by atoms with van der Waals surface area (Å²) in [7, 11) is 0. The average Bonchev–Trinajstić information content (AvgIpc) is 2.83. The zero-order valence-electron chi connectivity index (χ0n) is 9.88. The van der Waals surface area contributed by atoms with E-state index in [9.17, 15) is 4.79 Å². The molecule has 1 aliphatic rings. The van der Waals surface area contributed by atoms with Crippen LogP contribution in [0.1, 0.15) is 16.2 Å². The lowest BCUT2D eigenvalue weighted by molar-refractivity contribution is 0.0707. The minimum absolute atomic E-state index is 0.0104. The van der Waals surface area contributed by atoms with Gasteiger partial charge in [0.1, 0.15) is 6.33 Å². The van der Waals surface area contributed by atoms with Gasteiger partial charge in [-0.2, -0.15) is 0 Å². The zero-order valence-corrected chi connectivity index (χ0v) is 13.1. The van der Waals surface area contributed by atoms with Crippen molar-refractivity contribution in [2.24, 2.45) is 0 Å². The Morgan fingerprint density at radius 1 is 1.16 bits per heavy atom. The van der Waals surface area contributed by atoms with Gasteiger partial charge in [-0.25, -0.2) is 0 Å². The monoisotopic (exact) mass is 384 g/mol. The smallest absolute Gasteiger partial charge is 0.254 e. The van der Waals surface area contributed by atoms with Crippen LogP contribution in [0, 0.1) is 0 Å². The van der Waals surface area contributed by atoms with Gasteiger partial charge in [0.05, 0.1) is 6.54 Å². The molecular formula is C12H10Br2N4O. The molecule has 98 valence electrons. The van der Waals surface area contributed by atoms with Crippen molar-refractivity contribution in [2.75, 3.05) is 6.54 Å². The predicted molar refractivity (Wildman–Crippen MR) is 76.6 cm³/mol. The van der Waals surface area contributed by atoms with E-state index in [1.165, 1.54) is 0 Å². The lowest BCUT2D eigenvalue weighted by Gasteiger charge is -2.27. The van der Waals surface area contributed by atoms with Gasteiger partial charge in [0.2, 0.25) is 0 Å². The predicted octanol–water partition coefficient (Wildman–Crippen LogP) is 2.46. The average molecular weight is 386 g/mol. The molecule has 0 atom stereocenters. The number of hydrogen-bond donors (Lipinski definition) is 0. The Kier molecular flexibility index (Phi) is 3.40. The van der Waals surface area contributed by atoms with Gasteiger partial charge in [-0.15, -0.1) is 10.2 Å². The van der Waals surface area contributed by atoms with Crippen LogP contribution in [0.25, 0.3) is 0 Å². The minimum atomic E-state index is 0.0104. The summed E-state index contributed by atoms with van der Waals surface area (Å²) in [4.78, 5) is 14.3. The second-order valence-electron chi connectivity index (χ2n) is 4.33. The van der Waals surface area contributed by atoms with Crippen LogP contribution in [-0.4, -0.2) is 32.1 Å². The lowest BCUT2D eigenvalue weighted by Crippen LogP contribution is -2.38. The fraction of sp³-hybridized carbons (Fsp3) is 0.250. The van der Waals surface area contributed by atoms with E-state index in [-0.39, 0.29) is 5.91 Å². The Hall–Kier alpha value is -1.21. The van der Waals surface area contributed by atoms with Crippen molar-refractivity contribution in [2.45, 2.75) is 13.1 Å². The van der Waals surface area contributed by atoms with Gasteiger partial charge >= 0.3 is 0 Å². The zero-order chi connectivity index (χ0) is 13.4. The number of carbonyl (C=O) groups is 1. The van der Waals surface area contributed by atoms with Crippen molar-refractivity contribution in [3.63, 3.8) is 0 Å². The Morgan fingerprint density at radius 3 is 2.63 bits per heavy atom. The van der Waals surface area contributed by atoms with Crippen LogP contribution in [0.2, 0.25) is 0 Å². The number of hydrogen-bond acceptors (Lipinski definition) is 3. The highest BCUT2D eigenvalue weighted by atomic mass is 79.9. The Bertz CT molecular complexity index is 620. The van der Waals surface area contributed by atoms with Gasteiger partial charge in [-0.1, -0.05) is 31.9 Å². The third-order valence-corrected chi connectivity index (χ3v) is 3.95. The molecule has 2 heterocycles. The molecule has 1 amide bonds. The first-order valence-electron chi connectivity index (χ1n) is 5.75. The molecule has 5 nitrogen and oxygen atoms in total. The number of rotatable bonds is 1. The third kappa shape index (κ3) is 2.57. The van der Waals surface area contributed by atoms with E-state index >= 15 is 0 Å². The molecule has 1 aliphatic heterocycles. The van der Waals surface area contributed by atoms with Crippen LogP contribution >= 0.6 is 31.9 Å². The first-order valence-corrected chi connectivity index (χ1v) is 7.34. The van der Waals surface area contributed by atoms with E-state index in [4.69, 9.17) is 0 Å². The molecule has 0 fully saturated rings. The summed E-state index contributed by atoms with van der Waals surface area (Å²) in [5.41, 5.74) is 0.661. The van der Waals surface area contributed by atoms with Crippen molar-refractivity contribution >= 4 is 37.8 Å². The Labute approximate surface area is 126 Å². The third-order valence-electron chi connectivity index (χ3n) is 3.04. The molecule has 0 spiro atoms. The molecule has 1 aromatic heterocycles. The van der Waals surface area contributed by atoms with E-state index in [1.807, 2.05) is 22.8 Å². The molecule has 19 heavy (non-hydrogen) atoms. The van der Waals surface area contributed by atoms with Crippen LogP contribution in [0.3, 0.4) is 0 Å². The van der Waals surface area contributed by atoms with Gasteiger partial charge in [0.15, 0.2) is 5.82 Å². The highest BCUT2D eigenvalue weighted by Crippen LogP contribution is 2.22. The summed E-state index contributed by atoms with van der Waals surface area (Å²) in [6.45, 7) is 1.92. The first kappa shape index (κ1) is 12.8. The van der Waals surface area contributed by atoms with Gasteiger partial charge < -0.3 is 9.47 Å². The summed E-state index contributed by atoms with van der Waals surface area (Å²) in [5.74, 6) is 0.838. The van der Waals surface area contributed by atoms with Gasteiger partial charge in [-0.05, 0) is 18.2 Å². The van der Waals surface area contributed by atoms with Crippen molar-refractivity contribution in [1.82, 2.24) is 19.7 Å². The highest BCUT2D eigenvalue weighted by molar-refractivity contribution is 9.11. The molecule has 0 unspecified atom stereocenters. The standard InChI is InChI=1S/C12H10Br2N4O/c13-9-3-8(4-10(14)5-9)12(19)17-1-2-18-7-15-16-11(18)6-17/h3-5,7H,1-2,6H2. The van der Waals surface area contributed by atoms with Crippen molar-refractivity contribution in [1.29, 1.82) is 0 Å². The molecule has 7 heteroatoms. The van der Waals surface area contributed by atoms with Crippen LogP contribution in [0.4, 0.5) is 0 Å². The molecule has 0 radical (unpaired) electrons. The molecule has 1 aromatic carbocycles. The van der Waals surface area contributed by atoms with Crippen LogP contribution in [-0.2, 0) is 13.1 Å². The second-order valence-corrected chi connectivity index (χ2v) is 6.16. The number of carbonyl (C=O) groups excluding carboxylic acids is 1. The maximum atomic E-state index is 12.5. The first-order chi connectivity index (χ1) is 9.13. The summed E-state index contributed by atoms with van der Waals surface area (Å²) in [6, 6.07) is 5.56. The van der Waals surface area contributed by atoms with Crippen LogP contribution in [0.15, 0.2) is 33.5 Å². The van der Waals surface area contributed by atoms with Gasteiger partial charge in [0, 0.05) is 27.6 Å². The van der Waals surface area contributed by atoms with Crippen LogP contribution < -0.4 is 0 Å². The molecular weight excluding hydrogens is 376 g/mol. The van der Waals surface area contributed by atoms with E-state index in [0.717, 1.165) is 21.3 Å². The number of benzene rings is 1. The second kappa shape index (κ2) is 5.05. The summed E-state index contributed by atoms with van der Waals surface area (Å²) >= 11 is 6.80. The Morgan fingerprint density at radius 2 is 1.89 bits per heavy atom. The molecule has 0 aliphatic carbocycles. The van der Waals surface area contributed by atoms with E-state index in [1.54, 1.807) is 11.2 Å². The van der Waals surface area contributed by atoms with E-state index in [0.29, 0.717) is 18.7 Å². The molecule has 0 N–H and O–H groups in total. The van der Waals surface area contributed by atoms with Crippen molar-refractivity contribution in [3.05, 3.63) is 44.9 Å². The maximum absolute atomic E-state index is 12.5. The molecule has 0 saturated carbocycles. The fourth-order valence-corrected chi connectivity index (χ4v) is 3.39. The fourth-order valence-electron chi connectivity index (χ4n) is 2.10. The number of amides is 1. The topological polar surface area (TPSA) is 51.0 Å². The minimum Gasteiger partial charge on any atom is -0.329 e. The number of nitrogens with zero attached hydrogens (tertiary/aromatic N) is 4. The number of aromatic nitrogens is 3. The number of fused-ring (bicyclic) bond motifs is 1. The normalized spacial score (nSPS) is 14.3.